The number of guanidine groups is 1. The Labute approximate surface area is 158 Å². The molecule has 0 saturated carbocycles. The maximum absolute atomic E-state index is 12.4. The molecule has 1 aromatic heterocycles. The molecule has 0 atom stereocenters. The van der Waals surface area contributed by atoms with Crippen molar-refractivity contribution < 1.29 is 13.2 Å². The SMILES string of the molecule is CN=C(NCCCCn1cnnc1)NCCC1CCN(CC(F)(F)F)CC1. The van der Waals surface area contributed by atoms with Gasteiger partial charge in [0, 0.05) is 26.7 Å². The molecule has 0 aliphatic carbocycles. The number of halogens is 3. The molecule has 0 aromatic carbocycles. The Balaban J connectivity index is 1.51. The Kier molecular flexibility index (Phi) is 8.83. The molecule has 1 aliphatic heterocycles. The third-order valence-electron chi connectivity index (χ3n) is 4.78. The fourth-order valence-corrected chi connectivity index (χ4v) is 3.27. The number of likely N-dealkylation sites (tertiary alicyclic amines) is 1. The van der Waals surface area contributed by atoms with Crippen molar-refractivity contribution in [3.63, 3.8) is 0 Å². The van der Waals surface area contributed by atoms with E-state index < -0.39 is 12.7 Å². The summed E-state index contributed by atoms with van der Waals surface area (Å²) in [6.07, 6.45) is 3.97. The highest BCUT2D eigenvalue weighted by Gasteiger charge is 2.32. The molecule has 2 rings (SSSR count). The van der Waals surface area contributed by atoms with Crippen molar-refractivity contribution in [2.24, 2.45) is 10.9 Å². The molecule has 7 nitrogen and oxygen atoms in total. The number of piperidine rings is 1. The molecule has 0 amide bonds. The van der Waals surface area contributed by atoms with E-state index in [-0.39, 0.29) is 0 Å². The first-order valence-corrected chi connectivity index (χ1v) is 9.52. The lowest BCUT2D eigenvalue weighted by Gasteiger charge is -2.32. The molecule has 10 heteroatoms. The summed E-state index contributed by atoms with van der Waals surface area (Å²) in [7, 11) is 1.74. The molecule has 2 N–H and O–H groups in total. The second kappa shape index (κ2) is 11.1. The molecule has 2 heterocycles. The lowest BCUT2D eigenvalue weighted by molar-refractivity contribution is -0.148. The van der Waals surface area contributed by atoms with Gasteiger partial charge in [-0.1, -0.05) is 0 Å². The van der Waals surface area contributed by atoms with Crippen LogP contribution in [0.5, 0.6) is 0 Å². The maximum Gasteiger partial charge on any atom is 0.401 e. The number of aromatic nitrogens is 3. The number of hydrogen-bond acceptors (Lipinski definition) is 4. The number of unbranched alkanes of at least 4 members (excludes halogenated alkanes) is 1. The van der Waals surface area contributed by atoms with E-state index in [2.05, 4.69) is 25.8 Å². The van der Waals surface area contributed by atoms with E-state index >= 15 is 0 Å². The zero-order valence-corrected chi connectivity index (χ0v) is 15.9. The van der Waals surface area contributed by atoms with Crippen molar-refractivity contribution in [2.45, 2.75) is 44.8 Å². The predicted molar refractivity (Wildman–Crippen MR) is 98.5 cm³/mol. The zero-order chi connectivity index (χ0) is 19.5. The minimum absolute atomic E-state index is 0.476. The molecule has 154 valence electrons. The van der Waals surface area contributed by atoms with Gasteiger partial charge in [0.1, 0.15) is 12.7 Å². The summed E-state index contributed by atoms with van der Waals surface area (Å²) in [5.41, 5.74) is 0. The summed E-state index contributed by atoms with van der Waals surface area (Å²) >= 11 is 0. The quantitative estimate of drug-likeness (QED) is 0.383. The molecule has 1 saturated heterocycles. The summed E-state index contributed by atoms with van der Waals surface area (Å²) in [4.78, 5) is 5.71. The van der Waals surface area contributed by atoms with Crippen LogP contribution in [0.3, 0.4) is 0 Å². The normalized spacial score (nSPS) is 17.3. The fraction of sp³-hybridized carbons (Fsp3) is 0.824. The second-order valence-corrected chi connectivity index (χ2v) is 6.96. The molecule has 0 spiro atoms. The van der Waals surface area contributed by atoms with Gasteiger partial charge in [-0.3, -0.25) is 9.89 Å². The molecule has 27 heavy (non-hydrogen) atoms. The molecule has 1 fully saturated rings. The smallest absolute Gasteiger partial charge is 0.356 e. The van der Waals surface area contributed by atoms with Crippen molar-refractivity contribution in [3.05, 3.63) is 12.7 Å². The van der Waals surface area contributed by atoms with Gasteiger partial charge in [0.05, 0.1) is 6.54 Å². The van der Waals surface area contributed by atoms with Crippen LogP contribution in [0.25, 0.3) is 0 Å². The van der Waals surface area contributed by atoms with Crippen molar-refractivity contribution in [2.75, 3.05) is 39.8 Å². The van der Waals surface area contributed by atoms with E-state index in [9.17, 15) is 13.2 Å². The van der Waals surface area contributed by atoms with Crippen molar-refractivity contribution >= 4 is 5.96 Å². The van der Waals surface area contributed by atoms with Crippen LogP contribution in [0.2, 0.25) is 0 Å². The van der Waals surface area contributed by atoms with Crippen LogP contribution >= 0.6 is 0 Å². The molecule has 0 radical (unpaired) electrons. The Bertz CT molecular complexity index is 537. The average molecular weight is 389 g/mol. The lowest BCUT2D eigenvalue weighted by Crippen LogP contribution is -2.41. The van der Waals surface area contributed by atoms with Crippen LogP contribution < -0.4 is 10.6 Å². The van der Waals surface area contributed by atoms with Gasteiger partial charge in [-0.25, -0.2) is 0 Å². The minimum atomic E-state index is -4.10. The predicted octanol–water partition coefficient (Wildman–Crippen LogP) is 1.89. The summed E-state index contributed by atoms with van der Waals surface area (Å²) in [6, 6.07) is 0. The van der Waals surface area contributed by atoms with Crippen LogP contribution in [-0.4, -0.2) is 71.6 Å². The highest BCUT2D eigenvalue weighted by Crippen LogP contribution is 2.23. The van der Waals surface area contributed by atoms with Crippen molar-refractivity contribution in [1.29, 1.82) is 0 Å². The van der Waals surface area contributed by atoms with Crippen molar-refractivity contribution in [1.82, 2.24) is 30.3 Å². The minimum Gasteiger partial charge on any atom is -0.356 e. The number of aliphatic imine (C=N–C) groups is 1. The van der Waals surface area contributed by atoms with E-state index in [4.69, 9.17) is 0 Å². The Morgan fingerprint density at radius 3 is 2.41 bits per heavy atom. The van der Waals surface area contributed by atoms with Gasteiger partial charge in [0.2, 0.25) is 0 Å². The molecule has 0 bridgehead atoms. The van der Waals surface area contributed by atoms with E-state index in [1.807, 2.05) is 4.57 Å². The molecule has 1 aliphatic rings. The lowest BCUT2D eigenvalue weighted by atomic mass is 9.93. The largest absolute Gasteiger partial charge is 0.401 e. The Hall–Kier alpha value is -1.84. The van der Waals surface area contributed by atoms with E-state index in [0.29, 0.717) is 19.0 Å². The third-order valence-corrected chi connectivity index (χ3v) is 4.78. The van der Waals surface area contributed by atoms with Gasteiger partial charge < -0.3 is 15.2 Å². The summed E-state index contributed by atoms with van der Waals surface area (Å²) in [5, 5.41) is 14.1. The third kappa shape index (κ3) is 9.07. The number of rotatable bonds is 9. The van der Waals surface area contributed by atoms with Gasteiger partial charge in [0.15, 0.2) is 5.96 Å². The number of alkyl halides is 3. The first kappa shape index (κ1) is 21.5. The number of nitrogens with one attached hydrogen (secondary N) is 2. The molecular weight excluding hydrogens is 359 g/mol. The summed E-state index contributed by atoms with van der Waals surface area (Å²) in [6.45, 7) is 2.79. The zero-order valence-electron chi connectivity index (χ0n) is 15.9. The second-order valence-electron chi connectivity index (χ2n) is 6.96. The first-order valence-electron chi connectivity index (χ1n) is 9.52. The fourth-order valence-electron chi connectivity index (χ4n) is 3.27. The van der Waals surface area contributed by atoms with Gasteiger partial charge >= 0.3 is 6.18 Å². The standard InChI is InChI=1S/C17H30F3N7/c1-21-16(22-7-2-3-9-27-13-24-25-14-27)23-8-4-15-5-10-26(11-6-15)12-17(18,19)20/h13-15H,2-12H2,1H3,(H2,21,22,23). The van der Waals surface area contributed by atoms with Gasteiger partial charge in [-0.2, -0.15) is 13.2 Å². The number of aryl methyl sites for hydroxylation is 1. The summed E-state index contributed by atoms with van der Waals surface area (Å²) < 4.78 is 39.2. The molecule has 1 aromatic rings. The highest BCUT2D eigenvalue weighted by molar-refractivity contribution is 5.79. The van der Waals surface area contributed by atoms with Gasteiger partial charge in [-0.05, 0) is 51.1 Å². The number of hydrogen-bond donors (Lipinski definition) is 2. The van der Waals surface area contributed by atoms with Crippen LogP contribution in [-0.2, 0) is 6.54 Å². The van der Waals surface area contributed by atoms with E-state index in [1.54, 1.807) is 19.7 Å². The first-order chi connectivity index (χ1) is 13.0. The van der Waals surface area contributed by atoms with Crippen molar-refractivity contribution in [3.8, 4) is 0 Å². The van der Waals surface area contributed by atoms with Crippen LogP contribution in [0.4, 0.5) is 13.2 Å². The van der Waals surface area contributed by atoms with E-state index in [0.717, 1.165) is 57.7 Å². The molecular formula is C17H30F3N7. The van der Waals surface area contributed by atoms with Crippen LogP contribution in [0, 0.1) is 5.92 Å². The Morgan fingerprint density at radius 1 is 1.11 bits per heavy atom. The summed E-state index contributed by atoms with van der Waals surface area (Å²) in [5.74, 6) is 1.25. The monoisotopic (exact) mass is 389 g/mol. The maximum atomic E-state index is 12.4. The average Bonchev–Trinajstić information content (AvgIpc) is 3.13. The topological polar surface area (TPSA) is 70.4 Å². The van der Waals surface area contributed by atoms with Crippen LogP contribution in [0.15, 0.2) is 17.6 Å². The van der Waals surface area contributed by atoms with Gasteiger partial charge in [0.25, 0.3) is 0 Å². The Morgan fingerprint density at radius 2 is 1.78 bits per heavy atom. The molecule has 0 unspecified atom stereocenters. The van der Waals surface area contributed by atoms with Crippen LogP contribution in [0.1, 0.15) is 32.1 Å². The van der Waals surface area contributed by atoms with Gasteiger partial charge in [-0.15, -0.1) is 10.2 Å². The highest BCUT2D eigenvalue weighted by atomic mass is 19.4. The number of nitrogens with zero attached hydrogens (tertiary/aromatic N) is 5. The van der Waals surface area contributed by atoms with E-state index in [1.165, 1.54) is 4.90 Å².